The number of pyridine rings is 1. The Morgan fingerprint density at radius 1 is 0.886 bits per heavy atom. The first kappa shape index (κ1) is 22.4. The molecule has 1 aliphatic rings. The Hall–Kier alpha value is -4.39. The van der Waals surface area contributed by atoms with E-state index >= 15 is 0 Å². The monoisotopic (exact) mass is 468 g/mol. The lowest BCUT2D eigenvalue weighted by Crippen LogP contribution is -2.24. The van der Waals surface area contributed by atoms with Crippen LogP contribution in [-0.4, -0.2) is 29.5 Å². The van der Waals surface area contributed by atoms with Crippen molar-refractivity contribution in [3.63, 3.8) is 0 Å². The summed E-state index contributed by atoms with van der Waals surface area (Å²) in [6.07, 6.45) is 1.48. The maximum absolute atomic E-state index is 13.3. The largest absolute Gasteiger partial charge is 0.486 e. The van der Waals surface area contributed by atoms with Gasteiger partial charge in [-0.15, -0.1) is 0 Å². The zero-order valence-electron chi connectivity index (χ0n) is 19.5. The van der Waals surface area contributed by atoms with Crippen molar-refractivity contribution < 1.29 is 19.1 Å². The van der Waals surface area contributed by atoms with Gasteiger partial charge in [0, 0.05) is 28.9 Å². The van der Waals surface area contributed by atoms with E-state index in [1.807, 2.05) is 32.0 Å². The predicted molar refractivity (Wildman–Crippen MR) is 134 cm³/mol. The van der Waals surface area contributed by atoms with E-state index in [1.165, 1.54) is 6.20 Å². The van der Waals surface area contributed by atoms with Crippen LogP contribution in [0.2, 0.25) is 0 Å². The number of carbonyl (C=O) groups is 2. The maximum atomic E-state index is 13.3. The first-order valence-corrected chi connectivity index (χ1v) is 11.3. The molecular formula is C28H24N2O5. The number of benzene rings is 3. The zero-order valence-corrected chi connectivity index (χ0v) is 19.5. The third-order valence-electron chi connectivity index (χ3n) is 5.93. The van der Waals surface area contributed by atoms with E-state index in [1.54, 1.807) is 47.0 Å². The van der Waals surface area contributed by atoms with Gasteiger partial charge in [0.25, 0.3) is 0 Å². The van der Waals surface area contributed by atoms with Crippen molar-refractivity contribution in [3.05, 3.63) is 99.3 Å². The van der Waals surface area contributed by atoms with Gasteiger partial charge in [-0.2, -0.15) is 0 Å². The lowest BCUT2D eigenvalue weighted by molar-refractivity contribution is -0.116. The minimum absolute atomic E-state index is 0.0269. The SMILES string of the molecule is Cc1ccc(C(=O)c2cn(CC(=O)Nc3ccc4c(c3)OCCO4)c3ccc(C)cc3c2=O)cc1. The first-order valence-electron chi connectivity index (χ1n) is 11.3. The number of nitrogens with zero attached hydrogens (tertiary/aromatic N) is 1. The Morgan fingerprint density at radius 3 is 2.37 bits per heavy atom. The molecule has 0 unspecified atom stereocenters. The number of amides is 1. The molecule has 0 bridgehead atoms. The van der Waals surface area contributed by atoms with Crippen LogP contribution < -0.4 is 20.2 Å². The third kappa shape index (κ3) is 4.53. The second-order valence-electron chi connectivity index (χ2n) is 8.62. The molecule has 0 spiro atoms. The molecule has 1 N–H and O–H groups in total. The van der Waals surface area contributed by atoms with Crippen molar-refractivity contribution in [1.29, 1.82) is 0 Å². The normalized spacial score (nSPS) is 12.4. The maximum Gasteiger partial charge on any atom is 0.244 e. The lowest BCUT2D eigenvalue weighted by atomic mass is 10.0. The van der Waals surface area contributed by atoms with Gasteiger partial charge in [0.05, 0.1) is 11.1 Å². The number of rotatable bonds is 5. The highest BCUT2D eigenvalue weighted by Gasteiger charge is 2.19. The fourth-order valence-electron chi connectivity index (χ4n) is 4.14. The number of hydrogen-bond acceptors (Lipinski definition) is 5. The first-order chi connectivity index (χ1) is 16.9. The molecular weight excluding hydrogens is 444 g/mol. The predicted octanol–water partition coefficient (Wildman–Crippen LogP) is 4.26. The Morgan fingerprint density at radius 2 is 1.60 bits per heavy atom. The fourth-order valence-corrected chi connectivity index (χ4v) is 4.14. The molecule has 4 aromatic rings. The highest BCUT2D eigenvalue weighted by Crippen LogP contribution is 2.32. The molecule has 0 saturated carbocycles. The van der Waals surface area contributed by atoms with Crippen LogP contribution in [-0.2, 0) is 11.3 Å². The number of aromatic nitrogens is 1. The van der Waals surface area contributed by atoms with Gasteiger partial charge in [-0.3, -0.25) is 14.4 Å². The highest BCUT2D eigenvalue weighted by molar-refractivity contribution is 6.10. The molecule has 0 atom stereocenters. The molecule has 3 aromatic carbocycles. The standard InChI is InChI=1S/C28H24N2O5/c1-17-3-6-19(7-4-17)27(32)22-15-30(23-9-5-18(2)13-21(23)28(22)33)16-26(31)29-20-8-10-24-25(14-20)35-12-11-34-24/h3-10,13-15H,11-12,16H2,1-2H3,(H,29,31). The smallest absolute Gasteiger partial charge is 0.244 e. The molecule has 35 heavy (non-hydrogen) atoms. The molecule has 0 saturated heterocycles. The zero-order chi connectivity index (χ0) is 24.5. The van der Waals surface area contributed by atoms with Gasteiger partial charge in [-0.25, -0.2) is 0 Å². The second kappa shape index (κ2) is 9.10. The Labute approximate surface area is 201 Å². The van der Waals surface area contributed by atoms with E-state index in [9.17, 15) is 14.4 Å². The van der Waals surface area contributed by atoms with Crippen LogP contribution in [0.25, 0.3) is 10.9 Å². The lowest BCUT2D eigenvalue weighted by Gasteiger charge is -2.19. The second-order valence-corrected chi connectivity index (χ2v) is 8.62. The van der Waals surface area contributed by atoms with Gasteiger partial charge in [0.15, 0.2) is 17.3 Å². The summed E-state index contributed by atoms with van der Waals surface area (Å²) in [5.74, 6) is 0.528. The van der Waals surface area contributed by atoms with Crippen LogP contribution >= 0.6 is 0 Å². The summed E-state index contributed by atoms with van der Waals surface area (Å²) in [5, 5.41) is 3.26. The van der Waals surface area contributed by atoms with E-state index in [4.69, 9.17) is 9.47 Å². The number of carbonyl (C=O) groups excluding carboxylic acids is 2. The third-order valence-corrected chi connectivity index (χ3v) is 5.93. The molecule has 2 heterocycles. The Bertz CT molecular complexity index is 1520. The molecule has 7 heteroatoms. The van der Waals surface area contributed by atoms with Crippen molar-refractivity contribution in [2.24, 2.45) is 0 Å². The number of hydrogen-bond donors (Lipinski definition) is 1. The summed E-state index contributed by atoms with van der Waals surface area (Å²) in [4.78, 5) is 39.5. The van der Waals surface area contributed by atoms with Crippen LogP contribution in [0.4, 0.5) is 5.69 Å². The van der Waals surface area contributed by atoms with Crippen LogP contribution in [0.15, 0.2) is 71.7 Å². The average molecular weight is 469 g/mol. The molecule has 5 rings (SSSR count). The van der Waals surface area contributed by atoms with E-state index in [-0.39, 0.29) is 29.2 Å². The molecule has 0 aliphatic carbocycles. The highest BCUT2D eigenvalue weighted by atomic mass is 16.6. The molecule has 7 nitrogen and oxygen atoms in total. The van der Waals surface area contributed by atoms with E-state index < -0.39 is 0 Å². The summed E-state index contributed by atoms with van der Waals surface area (Å²) in [7, 11) is 0. The molecule has 1 aromatic heterocycles. The van der Waals surface area contributed by atoms with Crippen LogP contribution in [0.1, 0.15) is 27.0 Å². The molecule has 1 aliphatic heterocycles. The molecule has 1 amide bonds. The van der Waals surface area contributed by atoms with Gasteiger partial charge in [-0.05, 0) is 38.1 Å². The Balaban J connectivity index is 1.49. The van der Waals surface area contributed by atoms with E-state index in [0.29, 0.717) is 46.9 Å². The van der Waals surface area contributed by atoms with Gasteiger partial charge < -0.3 is 19.4 Å². The number of ether oxygens (including phenoxy) is 2. The number of nitrogens with one attached hydrogen (secondary N) is 1. The minimum atomic E-state index is -0.376. The van der Waals surface area contributed by atoms with E-state index in [0.717, 1.165) is 11.1 Å². The van der Waals surface area contributed by atoms with Crippen molar-refractivity contribution in [2.45, 2.75) is 20.4 Å². The number of fused-ring (bicyclic) bond motifs is 2. The average Bonchev–Trinajstić information content (AvgIpc) is 2.85. The van der Waals surface area contributed by atoms with Gasteiger partial charge in [-0.1, -0.05) is 41.5 Å². The summed E-state index contributed by atoms with van der Waals surface area (Å²) >= 11 is 0. The number of aryl methyl sites for hydroxylation is 2. The summed E-state index contributed by atoms with van der Waals surface area (Å²) in [6.45, 7) is 4.67. The topological polar surface area (TPSA) is 86.6 Å². The minimum Gasteiger partial charge on any atom is -0.486 e. The van der Waals surface area contributed by atoms with E-state index in [2.05, 4.69) is 5.32 Å². The summed E-state index contributed by atoms with van der Waals surface area (Å²) in [6, 6.07) is 17.7. The molecule has 0 fully saturated rings. The van der Waals surface area contributed by atoms with Crippen molar-refractivity contribution in [2.75, 3.05) is 18.5 Å². The van der Waals surface area contributed by atoms with Crippen molar-refractivity contribution >= 4 is 28.3 Å². The number of anilines is 1. The fraction of sp³-hybridized carbons (Fsp3) is 0.179. The quantitative estimate of drug-likeness (QED) is 0.443. The number of ketones is 1. The van der Waals surface area contributed by atoms with Gasteiger partial charge in [0.1, 0.15) is 19.8 Å². The molecule has 0 radical (unpaired) electrons. The van der Waals surface area contributed by atoms with Crippen LogP contribution in [0, 0.1) is 13.8 Å². The summed E-state index contributed by atoms with van der Waals surface area (Å²) < 4.78 is 12.8. The van der Waals surface area contributed by atoms with Crippen LogP contribution in [0.5, 0.6) is 11.5 Å². The van der Waals surface area contributed by atoms with Crippen LogP contribution in [0.3, 0.4) is 0 Å². The van der Waals surface area contributed by atoms with Gasteiger partial charge in [0.2, 0.25) is 11.3 Å². The van der Waals surface area contributed by atoms with Gasteiger partial charge >= 0.3 is 0 Å². The molecule has 176 valence electrons. The summed E-state index contributed by atoms with van der Waals surface area (Å²) in [5.41, 5.74) is 3.16. The Kier molecular flexibility index (Phi) is 5.82. The van der Waals surface area contributed by atoms with Crippen molar-refractivity contribution in [3.8, 4) is 11.5 Å². The van der Waals surface area contributed by atoms with Crippen molar-refractivity contribution in [1.82, 2.24) is 4.57 Å².